The molecule has 0 saturated carbocycles. The molecule has 0 radical (unpaired) electrons. The van der Waals surface area contributed by atoms with Gasteiger partial charge in [0.1, 0.15) is 5.54 Å². The molecule has 2 atom stereocenters. The molecule has 0 fully saturated rings. The van der Waals surface area contributed by atoms with Crippen molar-refractivity contribution >= 4 is 52.4 Å². The van der Waals surface area contributed by atoms with E-state index in [4.69, 9.17) is 57.2 Å². The molecular formula is C12H13Cl4NO2. The average molecular weight is 345 g/mol. The molecule has 0 heterocycles. The number of carboxylic acid groups (broad SMARTS) is 1. The van der Waals surface area contributed by atoms with E-state index in [2.05, 4.69) is 0 Å². The van der Waals surface area contributed by atoms with E-state index in [-0.39, 0.29) is 32.4 Å². The average Bonchev–Trinajstić information content (AvgIpc) is 2.30. The molecule has 3 N–H and O–H groups in total. The number of benzene rings is 1. The number of hydrogen-bond acceptors (Lipinski definition) is 2. The maximum absolute atomic E-state index is 11.0. The number of aliphatic carboxylic acids is 1. The van der Waals surface area contributed by atoms with Crippen LogP contribution in [0.1, 0.15) is 31.7 Å². The molecule has 0 aliphatic rings. The Morgan fingerprint density at radius 3 is 2.32 bits per heavy atom. The van der Waals surface area contributed by atoms with Crippen molar-refractivity contribution in [2.45, 2.75) is 31.7 Å². The van der Waals surface area contributed by atoms with E-state index in [0.717, 1.165) is 0 Å². The molecule has 0 aliphatic carbocycles. The molecule has 0 bridgehead atoms. The second-order valence-electron chi connectivity index (χ2n) is 4.72. The first kappa shape index (κ1) is 16.9. The maximum Gasteiger partial charge on any atom is 0.323 e. The van der Waals surface area contributed by atoms with Gasteiger partial charge in [0.15, 0.2) is 0 Å². The molecule has 0 spiro atoms. The molecule has 0 amide bonds. The second kappa shape index (κ2) is 6.06. The zero-order valence-corrected chi connectivity index (χ0v) is 13.3. The van der Waals surface area contributed by atoms with Crippen LogP contribution < -0.4 is 5.73 Å². The highest BCUT2D eigenvalue weighted by Gasteiger charge is 2.31. The predicted molar refractivity (Wildman–Crippen MR) is 79.7 cm³/mol. The smallest absolute Gasteiger partial charge is 0.323 e. The summed E-state index contributed by atoms with van der Waals surface area (Å²) in [5.41, 5.74) is 4.98. The summed E-state index contributed by atoms with van der Waals surface area (Å²) >= 11 is 23.9. The molecular weight excluding hydrogens is 332 g/mol. The van der Waals surface area contributed by atoms with Gasteiger partial charge in [-0.05, 0) is 30.9 Å². The molecule has 0 aromatic heterocycles. The van der Waals surface area contributed by atoms with Gasteiger partial charge in [-0.1, -0.05) is 53.3 Å². The number of nitrogens with two attached hydrogens (primary N) is 1. The Hall–Kier alpha value is -0.190. The Morgan fingerprint density at radius 2 is 1.84 bits per heavy atom. The van der Waals surface area contributed by atoms with Gasteiger partial charge in [-0.3, -0.25) is 4.79 Å². The molecule has 19 heavy (non-hydrogen) atoms. The summed E-state index contributed by atoms with van der Waals surface area (Å²) in [6.07, 6.45) is 0.191. The largest absolute Gasteiger partial charge is 0.480 e. The van der Waals surface area contributed by atoms with Crippen molar-refractivity contribution < 1.29 is 9.90 Å². The van der Waals surface area contributed by atoms with E-state index in [1.807, 2.05) is 0 Å². The van der Waals surface area contributed by atoms with E-state index in [1.165, 1.54) is 6.92 Å². The van der Waals surface area contributed by atoms with Gasteiger partial charge >= 0.3 is 5.97 Å². The van der Waals surface area contributed by atoms with Crippen LogP contribution in [-0.2, 0) is 4.79 Å². The quantitative estimate of drug-likeness (QED) is 0.619. The maximum atomic E-state index is 11.0. The van der Waals surface area contributed by atoms with Crippen molar-refractivity contribution in [3.05, 3.63) is 31.7 Å². The first-order valence-electron chi connectivity index (χ1n) is 5.43. The van der Waals surface area contributed by atoms with Crippen molar-refractivity contribution in [2.75, 3.05) is 0 Å². The minimum absolute atomic E-state index is 0.159. The Kier molecular flexibility index (Phi) is 5.38. The van der Waals surface area contributed by atoms with Gasteiger partial charge in [0.05, 0.1) is 20.1 Å². The second-order valence-corrected chi connectivity index (χ2v) is 6.26. The summed E-state index contributed by atoms with van der Waals surface area (Å²) < 4.78 is 0. The van der Waals surface area contributed by atoms with Crippen LogP contribution in [0.25, 0.3) is 0 Å². The number of rotatable bonds is 4. The van der Waals surface area contributed by atoms with E-state index >= 15 is 0 Å². The van der Waals surface area contributed by atoms with Crippen molar-refractivity contribution in [3.63, 3.8) is 0 Å². The fraction of sp³-hybridized carbons (Fsp3) is 0.417. The van der Waals surface area contributed by atoms with Crippen molar-refractivity contribution in [3.8, 4) is 0 Å². The third-order valence-electron chi connectivity index (χ3n) is 2.88. The van der Waals surface area contributed by atoms with Gasteiger partial charge in [-0.2, -0.15) is 0 Å². The highest BCUT2D eigenvalue weighted by atomic mass is 35.5. The van der Waals surface area contributed by atoms with Crippen LogP contribution in [0.4, 0.5) is 0 Å². The number of carboxylic acids is 1. The summed E-state index contributed by atoms with van der Waals surface area (Å²) in [6.45, 7) is 3.24. The Bertz CT molecular complexity index is 517. The third kappa shape index (κ3) is 3.67. The molecule has 106 valence electrons. The summed E-state index contributed by atoms with van der Waals surface area (Å²) in [5.74, 6) is -1.31. The van der Waals surface area contributed by atoms with Crippen LogP contribution in [0.3, 0.4) is 0 Å². The van der Waals surface area contributed by atoms with Crippen molar-refractivity contribution in [1.29, 1.82) is 0 Å². The topological polar surface area (TPSA) is 63.3 Å². The van der Waals surface area contributed by atoms with Crippen LogP contribution in [0, 0.1) is 0 Å². The van der Waals surface area contributed by atoms with E-state index in [9.17, 15) is 4.79 Å². The molecule has 7 heteroatoms. The summed E-state index contributed by atoms with van der Waals surface area (Å²) in [7, 11) is 0. The van der Waals surface area contributed by atoms with E-state index in [0.29, 0.717) is 5.56 Å². The zero-order valence-electron chi connectivity index (χ0n) is 10.3. The minimum atomic E-state index is -1.36. The lowest BCUT2D eigenvalue weighted by Crippen LogP contribution is -2.45. The van der Waals surface area contributed by atoms with Gasteiger partial charge in [0.25, 0.3) is 0 Å². The number of carbonyl (C=O) groups is 1. The van der Waals surface area contributed by atoms with E-state index in [1.54, 1.807) is 13.0 Å². The minimum Gasteiger partial charge on any atom is -0.480 e. The monoisotopic (exact) mass is 343 g/mol. The first-order chi connectivity index (χ1) is 8.58. The number of hydrogen-bond donors (Lipinski definition) is 2. The lowest BCUT2D eigenvalue weighted by Gasteiger charge is -2.24. The Balaban J connectivity index is 3.14. The summed E-state index contributed by atoms with van der Waals surface area (Å²) in [6, 6.07) is 1.58. The number of halogens is 4. The molecule has 0 saturated heterocycles. The van der Waals surface area contributed by atoms with Crippen LogP contribution in [0.15, 0.2) is 6.07 Å². The normalized spacial score (nSPS) is 15.9. The molecule has 1 rings (SSSR count). The van der Waals surface area contributed by atoms with Gasteiger partial charge < -0.3 is 10.8 Å². The lowest BCUT2D eigenvalue weighted by atomic mass is 9.86. The highest BCUT2D eigenvalue weighted by Crippen LogP contribution is 2.42. The van der Waals surface area contributed by atoms with Crippen LogP contribution >= 0.6 is 46.4 Å². The van der Waals surface area contributed by atoms with Crippen molar-refractivity contribution in [1.82, 2.24) is 0 Å². The zero-order chi connectivity index (χ0) is 15.0. The summed E-state index contributed by atoms with van der Waals surface area (Å²) in [5, 5.41) is 9.90. The fourth-order valence-electron chi connectivity index (χ4n) is 1.78. The van der Waals surface area contributed by atoms with Crippen LogP contribution in [0.2, 0.25) is 20.1 Å². The van der Waals surface area contributed by atoms with E-state index < -0.39 is 11.5 Å². The fourth-order valence-corrected chi connectivity index (χ4v) is 2.79. The van der Waals surface area contributed by atoms with Gasteiger partial charge in [0, 0.05) is 0 Å². The molecule has 0 aliphatic heterocycles. The lowest BCUT2D eigenvalue weighted by molar-refractivity contribution is -0.143. The van der Waals surface area contributed by atoms with Gasteiger partial charge in [-0.25, -0.2) is 0 Å². The molecule has 2 unspecified atom stereocenters. The van der Waals surface area contributed by atoms with Gasteiger partial charge in [0.2, 0.25) is 0 Å². The molecule has 1 aromatic carbocycles. The van der Waals surface area contributed by atoms with Crippen molar-refractivity contribution in [2.24, 2.45) is 5.73 Å². The van der Waals surface area contributed by atoms with Gasteiger partial charge in [-0.15, -0.1) is 0 Å². The Morgan fingerprint density at radius 1 is 1.32 bits per heavy atom. The molecule has 1 aromatic rings. The standard InChI is InChI=1S/C12H13Cl4NO2/c1-5(4-12(2,17)11(18)19)6-3-7(13)9(15)10(16)8(6)14/h3,5H,4,17H2,1-2H3,(H,18,19). The van der Waals surface area contributed by atoms with Crippen LogP contribution in [0.5, 0.6) is 0 Å². The predicted octanol–water partition coefficient (Wildman–Crippen LogP) is 4.60. The third-order valence-corrected chi connectivity index (χ3v) is 4.65. The first-order valence-corrected chi connectivity index (χ1v) is 6.94. The highest BCUT2D eigenvalue weighted by molar-refractivity contribution is 6.52. The SMILES string of the molecule is CC(CC(C)(N)C(=O)O)c1cc(Cl)c(Cl)c(Cl)c1Cl. The molecule has 3 nitrogen and oxygen atoms in total. The Labute approximate surface area is 131 Å². The summed E-state index contributed by atoms with van der Waals surface area (Å²) in [4.78, 5) is 11.0. The van der Waals surface area contributed by atoms with Crippen LogP contribution in [-0.4, -0.2) is 16.6 Å².